The number of aryl methyl sites for hydroxylation is 1. The molecule has 0 unspecified atom stereocenters. The normalized spacial score (nSPS) is 10.7. The Morgan fingerprint density at radius 3 is 2.58 bits per heavy atom. The van der Waals surface area contributed by atoms with Crippen molar-refractivity contribution in [3.8, 4) is 11.5 Å². The van der Waals surface area contributed by atoms with E-state index in [1.807, 2.05) is 31.2 Å². The molecule has 0 atom stereocenters. The molecule has 3 aromatic rings. The Labute approximate surface area is 155 Å². The van der Waals surface area contributed by atoms with Gasteiger partial charge in [-0.05, 0) is 55.5 Å². The minimum absolute atomic E-state index is 0.0942. The van der Waals surface area contributed by atoms with Gasteiger partial charge in [-0.2, -0.15) is 0 Å². The fraction of sp³-hybridized carbons (Fsp3) is 0.211. The number of rotatable bonds is 7. The van der Waals surface area contributed by atoms with Gasteiger partial charge in [-0.1, -0.05) is 22.8 Å². The predicted molar refractivity (Wildman–Crippen MR) is 99.5 cm³/mol. The summed E-state index contributed by atoms with van der Waals surface area (Å²) in [7, 11) is 0. The maximum absolute atomic E-state index is 12.8. The summed E-state index contributed by atoms with van der Waals surface area (Å²) in [6, 6.07) is 14.1. The van der Waals surface area contributed by atoms with E-state index in [0.717, 1.165) is 21.8 Å². The van der Waals surface area contributed by atoms with Crippen LogP contribution >= 0.6 is 11.8 Å². The highest BCUT2D eigenvalue weighted by atomic mass is 32.2. The highest BCUT2D eigenvalue weighted by Gasteiger charge is 2.11. The zero-order valence-corrected chi connectivity index (χ0v) is 15.1. The molecule has 1 N–H and O–H groups in total. The van der Waals surface area contributed by atoms with E-state index in [4.69, 9.17) is 4.42 Å². The third-order valence-electron chi connectivity index (χ3n) is 3.60. The monoisotopic (exact) mass is 371 g/mol. The van der Waals surface area contributed by atoms with E-state index in [9.17, 15) is 9.18 Å². The maximum atomic E-state index is 12.8. The van der Waals surface area contributed by atoms with Crippen molar-refractivity contribution in [1.82, 2.24) is 10.2 Å². The van der Waals surface area contributed by atoms with E-state index in [-0.39, 0.29) is 17.7 Å². The van der Waals surface area contributed by atoms with E-state index in [1.54, 1.807) is 23.9 Å². The van der Waals surface area contributed by atoms with Gasteiger partial charge in [0.1, 0.15) is 5.82 Å². The molecule has 26 heavy (non-hydrogen) atoms. The van der Waals surface area contributed by atoms with Crippen molar-refractivity contribution in [1.29, 1.82) is 0 Å². The predicted octanol–water partition coefficient (Wildman–Crippen LogP) is 4.70. The molecule has 1 amide bonds. The number of anilines is 1. The summed E-state index contributed by atoms with van der Waals surface area (Å²) < 4.78 is 18.3. The number of benzene rings is 2. The molecule has 0 aliphatic rings. The van der Waals surface area contributed by atoms with Crippen LogP contribution in [0, 0.1) is 12.7 Å². The van der Waals surface area contributed by atoms with Gasteiger partial charge in [0, 0.05) is 16.9 Å². The number of carbonyl (C=O) groups is 1. The van der Waals surface area contributed by atoms with Crippen LogP contribution in [0.15, 0.2) is 57.8 Å². The van der Waals surface area contributed by atoms with Crippen LogP contribution in [0.4, 0.5) is 10.4 Å². The first-order chi connectivity index (χ1) is 12.6. The number of amides is 1. The van der Waals surface area contributed by atoms with Crippen molar-refractivity contribution < 1.29 is 13.6 Å². The number of carbonyl (C=O) groups excluding carboxylic acids is 1. The Balaban J connectivity index is 1.43. The van der Waals surface area contributed by atoms with Crippen molar-refractivity contribution in [2.24, 2.45) is 0 Å². The number of thioether (sulfide) groups is 1. The van der Waals surface area contributed by atoms with Gasteiger partial charge >= 0.3 is 6.01 Å². The molecule has 0 saturated carbocycles. The molecule has 1 heterocycles. The molecule has 2 aromatic carbocycles. The Kier molecular flexibility index (Phi) is 6.01. The number of halogens is 1. The van der Waals surface area contributed by atoms with Crippen molar-refractivity contribution in [2.75, 3.05) is 11.1 Å². The highest BCUT2D eigenvalue weighted by molar-refractivity contribution is 7.99. The molecular formula is C19H18FN3O2S. The molecule has 3 rings (SSSR count). The molecule has 0 fully saturated rings. The van der Waals surface area contributed by atoms with E-state index < -0.39 is 0 Å². The number of hydrogen-bond acceptors (Lipinski definition) is 5. The quantitative estimate of drug-likeness (QED) is 0.482. The van der Waals surface area contributed by atoms with Crippen LogP contribution in [-0.2, 0) is 4.79 Å². The van der Waals surface area contributed by atoms with Crippen LogP contribution in [0.1, 0.15) is 18.4 Å². The second-order valence-electron chi connectivity index (χ2n) is 5.73. The van der Waals surface area contributed by atoms with Crippen molar-refractivity contribution >= 4 is 23.7 Å². The Morgan fingerprint density at radius 2 is 1.85 bits per heavy atom. The smallest absolute Gasteiger partial charge is 0.322 e. The second kappa shape index (κ2) is 8.62. The van der Waals surface area contributed by atoms with E-state index in [2.05, 4.69) is 15.5 Å². The molecule has 134 valence electrons. The fourth-order valence-electron chi connectivity index (χ4n) is 2.22. The summed E-state index contributed by atoms with van der Waals surface area (Å²) in [5.41, 5.74) is 1.94. The average molecular weight is 371 g/mol. The lowest BCUT2D eigenvalue weighted by molar-refractivity contribution is -0.116. The van der Waals surface area contributed by atoms with Crippen LogP contribution in [0.5, 0.6) is 0 Å². The molecule has 0 bridgehead atoms. The van der Waals surface area contributed by atoms with Crippen LogP contribution in [-0.4, -0.2) is 21.9 Å². The largest absolute Gasteiger partial charge is 0.403 e. The molecule has 0 aliphatic heterocycles. The highest BCUT2D eigenvalue weighted by Crippen LogP contribution is 2.21. The van der Waals surface area contributed by atoms with Gasteiger partial charge in [0.2, 0.25) is 11.8 Å². The first-order valence-electron chi connectivity index (χ1n) is 8.19. The number of aromatic nitrogens is 2. The van der Waals surface area contributed by atoms with Crippen molar-refractivity contribution in [2.45, 2.75) is 24.7 Å². The summed E-state index contributed by atoms with van der Waals surface area (Å²) >= 11 is 1.58. The zero-order chi connectivity index (χ0) is 18.4. The van der Waals surface area contributed by atoms with Crippen LogP contribution in [0.25, 0.3) is 11.5 Å². The Morgan fingerprint density at radius 1 is 1.12 bits per heavy atom. The summed E-state index contributed by atoms with van der Waals surface area (Å²) in [5.74, 6) is 0.701. The van der Waals surface area contributed by atoms with E-state index in [1.165, 1.54) is 12.1 Å². The lowest BCUT2D eigenvalue weighted by atomic mass is 10.1. The zero-order valence-electron chi connectivity index (χ0n) is 14.2. The molecule has 0 spiro atoms. The van der Waals surface area contributed by atoms with Gasteiger partial charge in [-0.15, -0.1) is 16.9 Å². The van der Waals surface area contributed by atoms with Crippen molar-refractivity contribution in [3.63, 3.8) is 0 Å². The first kappa shape index (κ1) is 18.1. The fourth-order valence-corrected chi connectivity index (χ4v) is 3.07. The molecule has 5 nitrogen and oxygen atoms in total. The van der Waals surface area contributed by atoms with Gasteiger partial charge in [-0.25, -0.2) is 4.39 Å². The average Bonchev–Trinajstić information content (AvgIpc) is 3.09. The molecule has 0 saturated heterocycles. The maximum Gasteiger partial charge on any atom is 0.322 e. The minimum atomic E-state index is -0.252. The van der Waals surface area contributed by atoms with E-state index in [0.29, 0.717) is 18.7 Å². The lowest BCUT2D eigenvalue weighted by Gasteiger charge is -2.02. The summed E-state index contributed by atoms with van der Waals surface area (Å²) in [6.45, 7) is 2.00. The van der Waals surface area contributed by atoms with Gasteiger partial charge in [0.05, 0.1) is 0 Å². The van der Waals surface area contributed by atoms with Crippen molar-refractivity contribution in [3.05, 3.63) is 59.9 Å². The van der Waals surface area contributed by atoms with Crippen LogP contribution in [0.3, 0.4) is 0 Å². The SMILES string of the molecule is Cc1ccc(-c2nnc(NC(=O)CCCSc3ccc(F)cc3)o2)cc1. The summed E-state index contributed by atoms with van der Waals surface area (Å²) in [4.78, 5) is 12.9. The van der Waals surface area contributed by atoms with Gasteiger partial charge in [0.25, 0.3) is 0 Å². The third kappa shape index (κ3) is 5.16. The molecule has 0 radical (unpaired) electrons. The van der Waals surface area contributed by atoms with Gasteiger partial charge in [-0.3, -0.25) is 10.1 Å². The van der Waals surface area contributed by atoms with Gasteiger partial charge in [0.15, 0.2) is 0 Å². The third-order valence-corrected chi connectivity index (χ3v) is 4.70. The lowest BCUT2D eigenvalue weighted by Crippen LogP contribution is -2.11. The molecule has 7 heteroatoms. The van der Waals surface area contributed by atoms with Crippen LogP contribution in [0.2, 0.25) is 0 Å². The molecule has 1 aromatic heterocycles. The topological polar surface area (TPSA) is 68.0 Å². The molecule has 0 aliphatic carbocycles. The van der Waals surface area contributed by atoms with E-state index >= 15 is 0 Å². The Bertz CT molecular complexity index is 863. The number of nitrogens with one attached hydrogen (secondary N) is 1. The summed E-state index contributed by atoms with van der Waals surface area (Å²) in [5, 5.41) is 10.4. The number of nitrogens with zero attached hydrogens (tertiary/aromatic N) is 2. The van der Waals surface area contributed by atoms with Crippen LogP contribution < -0.4 is 5.32 Å². The standard InChI is InChI=1S/C19H18FN3O2S/c1-13-4-6-14(7-5-13)18-22-23-19(25-18)21-17(24)3-2-12-26-16-10-8-15(20)9-11-16/h4-11H,2-3,12H2,1H3,(H,21,23,24). The summed E-state index contributed by atoms with van der Waals surface area (Å²) in [6.07, 6.45) is 1.03. The van der Waals surface area contributed by atoms with Gasteiger partial charge < -0.3 is 4.42 Å². The second-order valence-corrected chi connectivity index (χ2v) is 6.90. The Hall–Kier alpha value is -2.67. The molecular weight excluding hydrogens is 353 g/mol. The number of hydrogen-bond donors (Lipinski definition) is 1. The first-order valence-corrected chi connectivity index (χ1v) is 9.17. The minimum Gasteiger partial charge on any atom is -0.403 e.